The van der Waals surface area contributed by atoms with Crippen LogP contribution in [-0.2, 0) is 10.0 Å². The number of aromatic nitrogens is 3. The number of ether oxygens (including phenoxy) is 2. The summed E-state index contributed by atoms with van der Waals surface area (Å²) in [5, 5.41) is 0.717. The minimum atomic E-state index is -4.65. The highest BCUT2D eigenvalue weighted by molar-refractivity contribution is 7.93. The van der Waals surface area contributed by atoms with Gasteiger partial charge in [-0.2, -0.15) is 0 Å². The molecule has 0 fully saturated rings. The van der Waals surface area contributed by atoms with Gasteiger partial charge in [-0.3, -0.25) is 0 Å². The summed E-state index contributed by atoms with van der Waals surface area (Å²) in [6.45, 7) is 4.85. The van der Waals surface area contributed by atoms with Crippen molar-refractivity contribution in [1.82, 2.24) is 15.0 Å². The maximum atomic E-state index is 14.8. The van der Waals surface area contributed by atoms with E-state index in [2.05, 4.69) is 15.0 Å². The number of sulfonamides is 1. The van der Waals surface area contributed by atoms with Gasteiger partial charge in [0.25, 0.3) is 10.0 Å². The summed E-state index contributed by atoms with van der Waals surface area (Å²) in [4.78, 5) is 12.2. The maximum Gasteiger partial charge on any atom is 0.270 e. The molecule has 0 aliphatic carbocycles. The second-order valence-electron chi connectivity index (χ2n) is 8.48. The molecule has 0 spiro atoms. The molecular weight excluding hydrogens is 478 g/mol. The third-order valence-electron chi connectivity index (χ3n) is 5.74. The van der Waals surface area contributed by atoms with Crippen LogP contribution < -0.4 is 13.8 Å². The molecule has 4 bridgehead atoms. The molecule has 11 heteroatoms. The molecule has 0 saturated carbocycles. The van der Waals surface area contributed by atoms with Gasteiger partial charge in [-0.25, -0.2) is 36.5 Å². The molecular formula is C24H20F2N4O4S. The topological polar surface area (TPSA) is 94.5 Å². The first-order chi connectivity index (χ1) is 16.5. The molecule has 5 rings (SSSR count). The number of nitrogens with zero attached hydrogens (tertiary/aromatic N) is 4. The van der Waals surface area contributed by atoms with Gasteiger partial charge in [-0.1, -0.05) is 0 Å². The van der Waals surface area contributed by atoms with Crippen molar-refractivity contribution in [3.63, 3.8) is 0 Å². The molecule has 1 aliphatic heterocycles. The number of halogens is 2. The lowest BCUT2D eigenvalue weighted by atomic mass is 10.0. The first-order valence-corrected chi connectivity index (χ1v) is 12.0. The summed E-state index contributed by atoms with van der Waals surface area (Å²) in [5.41, 5.74) is 0.820. The number of anilines is 1. The van der Waals surface area contributed by atoms with Crippen molar-refractivity contribution in [1.29, 1.82) is 0 Å². The minimum Gasteiger partial charge on any atom is -0.479 e. The van der Waals surface area contributed by atoms with Gasteiger partial charge in [0, 0.05) is 28.9 Å². The summed E-state index contributed by atoms with van der Waals surface area (Å²) < 4.78 is 68.7. The quantitative estimate of drug-likeness (QED) is 0.407. The van der Waals surface area contributed by atoms with E-state index in [0.29, 0.717) is 39.5 Å². The molecule has 8 nitrogen and oxygen atoms in total. The third kappa shape index (κ3) is 3.63. The van der Waals surface area contributed by atoms with Crippen LogP contribution in [0.25, 0.3) is 22.0 Å². The summed E-state index contributed by atoms with van der Waals surface area (Å²) in [6.07, 6.45) is 2.93. The molecule has 0 saturated heterocycles. The molecule has 0 amide bonds. The van der Waals surface area contributed by atoms with Crippen LogP contribution >= 0.6 is 0 Å². The molecule has 2 aromatic carbocycles. The monoisotopic (exact) mass is 498 g/mol. The number of rotatable bonds is 3. The van der Waals surface area contributed by atoms with E-state index in [4.69, 9.17) is 9.47 Å². The van der Waals surface area contributed by atoms with Gasteiger partial charge < -0.3 is 9.47 Å². The molecule has 1 aliphatic rings. The zero-order valence-electron chi connectivity index (χ0n) is 19.2. The van der Waals surface area contributed by atoms with Crippen LogP contribution in [0.4, 0.5) is 14.5 Å². The number of methoxy groups -OCH3 is 1. The predicted octanol–water partition coefficient (Wildman–Crippen LogP) is 4.61. The second kappa shape index (κ2) is 7.84. The van der Waals surface area contributed by atoms with E-state index in [9.17, 15) is 17.2 Å². The van der Waals surface area contributed by atoms with Crippen LogP contribution in [0.5, 0.6) is 11.6 Å². The Morgan fingerprint density at radius 3 is 2.51 bits per heavy atom. The molecule has 2 aromatic heterocycles. The van der Waals surface area contributed by atoms with Gasteiger partial charge in [0.15, 0.2) is 5.72 Å². The Kier molecular flexibility index (Phi) is 5.13. The van der Waals surface area contributed by atoms with Gasteiger partial charge in [-0.15, -0.1) is 0 Å². The highest BCUT2D eigenvalue weighted by Crippen LogP contribution is 2.44. The van der Waals surface area contributed by atoms with Crippen molar-refractivity contribution < 1.29 is 26.7 Å². The average Bonchev–Trinajstić information content (AvgIpc) is 2.80. The van der Waals surface area contributed by atoms with E-state index in [0.717, 1.165) is 16.4 Å². The van der Waals surface area contributed by atoms with Crippen molar-refractivity contribution in [3.05, 3.63) is 66.3 Å². The smallest absolute Gasteiger partial charge is 0.270 e. The first-order valence-electron chi connectivity index (χ1n) is 10.5. The van der Waals surface area contributed by atoms with Crippen molar-refractivity contribution in [2.45, 2.75) is 31.4 Å². The van der Waals surface area contributed by atoms with Crippen molar-refractivity contribution >= 4 is 26.6 Å². The molecule has 0 N–H and O–H groups in total. The molecule has 0 unspecified atom stereocenters. The fourth-order valence-electron chi connectivity index (χ4n) is 4.21. The zero-order chi connectivity index (χ0) is 25.1. The largest absolute Gasteiger partial charge is 0.479 e. The summed E-state index contributed by atoms with van der Waals surface area (Å²) >= 11 is 0. The lowest BCUT2D eigenvalue weighted by molar-refractivity contribution is 0.123. The Hall–Kier alpha value is -3.86. The first kappa shape index (κ1) is 22.9. The number of aryl methyl sites for hydroxylation is 1. The number of hydrogen-bond donors (Lipinski definition) is 0. The SMILES string of the molecule is COc1ncc2cc1N(S(=O)(=O)c1ccc(F)cc1F)C(C)(C)Oc1cc-2cc2c(C)ncnc12. The highest BCUT2D eigenvalue weighted by Gasteiger charge is 2.43. The lowest BCUT2D eigenvalue weighted by Crippen LogP contribution is -2.52. The van der Waals surface area contributed by atoms with Gasteiger partial charge in [-0.05, 0) is 56.7 Å². The van der Waals surface area contributed by atoms with Crippen LogP contribution in [0.3, 0.4) is 0 Å². The van der Waals surface area contributed by atoms with Crippen LogP contribution in [0, 0.1) is 18.6 Å². The number of pyridine rings is 1. The van der Waals surface area contributed by atoms with Gasteiger partial charge in [0.05, 0.1) is 7.11 Å². The van der Waals surface area contributed by atoms with Crippen molar-refractivity contribution in [2.24, 2.45) is 0 Å². The molecule has 3 heterocycles. The number of benzene rings is 2. The van der Waals surface area contributed by atoms with E-state index < -0.39 is 32.3 Å². The Labute approximate surface area is 200 Å². The van der Waals surface area contributed by atoms with E-state index in [1.807, 2.05) is 13.0 Å². The number of hydrogen-bond acceptors (Lipinski definition) is 7. The minimum absolute atomic E-state index is 0.0212. The number of fused-ring (bicyclic) bond motifs is 7. The van der Waals surface area contributed by atoms with E-state index in [1.54, 1.807) is 12.1 Å². The van der Waals surface area contributed by atoms with Crippen LogP contribution in [0.2, 0.25) is 0 Å². The van der Waals surface area contributed by atoms with E-state index >= 15 is 0 Å². The maximum absolute atomic E-state index is 14.8. The predicted molar refractivity (Wildman–Crippen MR) is 125 cm³/mol. The summed E-state index contributed by atoms with van der Waals surface area (Å²) in [5.74, 6) is -1.86. The molecule has 180 valence electrons. The van der Waals surface area contributed by atoms with Crippen LogP contribution in [0.1, 0.15) is 19.5 Å². The molecule has 0 radical (unpaired) electrons. The fraction of sp³-hybridized carbons (Fsp3) is 0.208. The molecule has 35 heavy (non-hydrogen) atoms. The Bertz CT molecular complexity index is 1610. The standard InChI is InChI=1S/C24H20F2N4O4S/c1-13-17-7-14-9-20(22(17)29-12-28-13)34-24(2,3)30(19-8-15(14)11-27-23(19)33-4)35(31,32)21-6-5-16(25)10-18(21)26/h5-12H,1-4H3. The normalized spacial score (nSPS) is 14.6. The summed E-state index contributed by atoms with van der Waals surface area (Å²) in [6, 6.07) is 7.44. The Morgan fingerprint density at radius 2 is 1.80 bits per heavy atom. The lowest BCUT2D eigenvalue weighted by Gasteiger charge is -2.39. The van der Waals surface area contributed by atoms with Crippen LogP contribution in [-0.4, -0.2) is 36.2 Å². The molecule has 0 atom stereocenters. The third-order valence-corrected chi connectivity index (χ3v) is 7.75. The van der Waals surface area contributed by atoms with Gasteiger partial charge in [0.1, 0.15) is 39.8 Å². The average molecular weight is 499 g/mol. The Morgan fingerprint density at radius 1 is 1.03 bits per heavy atom. The van der Waals surface area contributed by atoms with E-state index in [1.165, 1.54) is 33.5 Å². The zero-order valence-corrected chi connectivity index (χ0v) is 20.0. The van der Waals surface area contributed by atoms with E-state index in [-0.39, 0.29) is 11.6 Å². The molecule has 4 aromatic rings. The fourth-order valence-corrected chi connectivity index (χ4v) is 5.96. The highest BCUT2D eigenvalue weighted by atomic mass is 32.2. The van der Waals surface area contributed by atoms with Crippen LogP contribution in [0.15, 0.2) is 53.8 Å². The van der Waals surface area contributed by atoms with Crippen molar-refractivity contribution in [3.8, 4) is 22.8 Å². The van der Waals surface area contributed by atoms with Crippen molar-refractivity contribution in [2.75, 3.05) is 11.4 Å². The second-order valence-corrected chi connectivity index (χ2v) is 10.2. The Balaban J connectivity index is 1.85. The van der Waals surface area contributed by atoms with Gasteiger partial charge >= 0.3 is 0 Å². The van der Waals surface area contributed by atoms with Gasteiger partial charge in [0.2, 0.25) is 5.88 Å². The summed E-state index contributed by atoms with van der Waals surface area (Å²) in [7, 11) is -3.31.